The summed E-state index contributed by atoms with van der Waals surface area (Å²) in [6.07, 6.45) is 2.26. The predicted octanol–water partition coefficient (Wildman–Crippen LogP) is 1.62. The van der Waals surface area contributed by atoms with Crippen molar-refractivity contribution in [1.82, 2.24) is 0 Å². The summed E-state index contributed by atoms with van der Waals surface area (Å²) >= 11 is 3.22. The number of hydrogen-bond acceptors (Lipinski definition) is 3. The van der Waals surface area contributed by atoms with E-state index in [4.69, 9.17) is 5.11 Å². The van der Waals surface area contributed by atoms with Crippen molar-refractivity contribution in [2.45, 2.75) is 0 Å². The fourth-order valence-electron chi connectivity index (χ4n) is 1.74. The summed E-state index contributed by atoms with van der Waals surface area (Å²) in [7, 11) is 0. The van der Waals surface area contributed by atoms with E-state index in [1.54, 1.807) is 18.2 Å². The number of aliphatic carboxylic acids is 1. The van der Waals surface area contributed by atoms with Gasteiger partial charge in [-0.2, -0.15) is 0 Å². The molecule has 1 aromatic carbocycles. The van der Waals surface area contributed by atoms with Gasteiger partial charge in [0, 0.05) is 17.1 Å². The van der Waals surface area contributed by atoms with Crippen molar-refractivity contribution in [3.63, 3.8) is 0 Å². The summed E-state index contributed by atoms with van der Waals surface area (Å²) in [5.74, 6) is -2.32. The van der Waals surface area contributed by atoms with Gasteiger partial charge in [-0.15, -0.1) is 0 Å². The zero-order chi connectivity index (χ0) is 13.3. The quantitative estimate of drug-likeness (QED) is 0.680. The molecule has 0 bridgehead atoms. The fourth-order valence-corrected chi connectivity index (χ4v) is 2.28. The van der Waals surface area contributed by atoms with E-state index in [0.717, 1.165) is 6.08 Å². The number of amides is 1. The number of fused-ring (bicyclic) bond motifs is 1. The van der Waals surface area contributed by atoms with Crippen LogP contribution in [0.3, 0.4) is 0 Å². The molecule has 0 spiro atoms. The summed E-state index contributed by atoms with van der Waals surface area (Å²) in [6, 6.07) is 5.04. The third-order valence-electron chi connectivity index (χ3n) is 2.50. The number of halogens is 1. The molecular weight excluding hydrogens is 302 g/mol. The van der Waals surface area contributed by atoms with Gasteiger partial charge in [0.05, 0.1) is 11.3 Å². The van der Waals surface area contributed by atoms with Gasteiger partial charge >= 0.3 is 5.97 Å². The number of carbonyl (C=O) groups is 3. The monoisotopic (exact) mass is 309 g/mol. The Morgan fingerprint density at radius 1 is 1.39 bits per heavy atom. The molecule has 92 valence electrons. The first-order valence-electron chi connectivity index (χ1n) is 5.06. The maximum atomic E-state index is 11.8. The predicted molar refractivity (Wildman–Crippen MR) is 67.6 cm³/mol. The van der Waals surface area contributed by atoms with Crippen LogP contribution in [0, 0.1) is 0 Å². The number of nitrogens with zero attached hydrogens (tertiary/aromatic N) is 1. The van der Waals surface area contributed by atoms with Crippen LogP contribution >= 0.6 is 15.9 Å². The first-order chi connectivity index (χ1) is 8.52. The van der Waals surface area contributed by atoms with Crippen LogP contribution in [0.4, 0.5) is 5.69 Å². The molecule has 1 aromatic rings. The van der Waals surface area contributed by atoms with Crippen molar-refractivity contribution in [2.24, 2.45) is 0 Å². The summed E-state index contributed by atoms with van der Waals surface area (Å²) in [5, 5.41) is 8.48. The van der Waals surface area contributed by atoms with E-state index in [0.29, 0.717) is 15.7 Å². The minimum atomic E-state index is -1.09. The van der Waals surface area contributed by atoms with E-state index in [-0.39, 0.29) is 6.54 Å². The molecule has 2 rings (SSSR count). The van der Waals surface area contributed by atoms with Gasteiger partial charge in [0.15, 0.2) is 0 Å². The van der Waals surface area contributed by atoms with Gasteiger partial charge in [0.2, 0.25) is 0 Å². The molecule has 0 unspecified atom stereocenters. The van der Waals surface area contributed by atoms with Gasteiger partial charge < -0.3 is 10.0 Å². The number of ketones is 1. The molecule has 0 aromatic heterocycles. The third kappa shape index (κ3) is 2.06. The van der Waals surface area contributed by atoms with Crippen molar-refractivity contribution in [3.05, 3.63) is 40.4 Å². The van der Waals surface area contributed by atoms with Gasteiger partial charge in [-0.3, -0.25) is 9.59 Å². The van der Waals surface area contributed by atoms with Crippen molar-refractivity contribution in [1.29, 1.82) is 0 Å². The second-order valence-corrected chi connectivity index (χ2v) is 4.47. The van der Waals surface area contributed by atoms with Gasteiger partial charge in [-0.1, -0.05) is 12.1 Å². The van der Waals surface area contributed by atoms with Crippen LogP contribution in [-0.2, 0) is 9.59 Å². The zero-order valence-corrected chi connectivity index (χ0v) is 10.7. The molecule has 0 aliphatic carbocycles. The van der Waals surface area contributed by atoms with Crippen LogP contribution in [-0.4, -0.2) is 29.3 Å². The lowest BCUT2D eigenvalue weighted by Crippen LogP contribution is -2.29. The van der Waals surface area contributed by atoms with Gasteiger partial charge in [-0.25, -0.2) is 4.79 Å². The highest BCUT2D eigenvalue weighted by atomic mass is 79.9. The van der Waals surface area contributed by atoms with Gasteiger partial charge in [-0.05, 0) is 28.1 Å². The molecule has 1 amide bonds. The molecule has 18 heavy (non-hydrogen) atoms. The minimum Gasteiger partial charge on any atom is -0.478 e. The van der Waals surface area contributed by atoms with Crippen LogP contribution in [0.2, 0.25) is 0 Å². The lowest BCUT2D eigenvalue weighted by atomic mass is 10.1. The molecule has 5 nitrogen and oxygen atoms in total. The molecule has 1 N–H and O–H groups in total. The highest BCUT2D eigenvalue weighted by Gasteiger charge is 2.36. The standard InChI is InChI=1S/C12H8BrNO4/c13-7-3-1-4-8-10(7)11(17)12(18)14(8)6-2-5-9(15)16/h1-5H,6H2,(H,15,16). The summed E-state index contributed by atoms with van der Waals surface area (Å²) < 4.78 is 0.558. The van der Waals surface area contributed by atoms with E-state index in [9.17, 15) is 14.4 Å². The van der Waals surface area contributed by atoms with E-state index in [1.807, 2.05) is 0 Å². The Balaban J connectivity index is 2.35. The van der Waals surface area contributed by atoms with Crippen molar-refractivity contribution in [2.75, 3.05) is 11.4 Å². The Hall–Kier alpha value is -1.95. The number of benzene rings is 1. The Morgan fingerprint density at radius 2 is 2.11 bits per heavy atom. The molecule has 1 aliphatic heterocycles. The lowest BCUT2D eigenvalue weighted by molar-refractivity contribution is -0.131. The molecule has 0 saturated carbocycles. The number of carboxylic acid groups (broad SMARTS) is 1. The minimum absolute atomic E-state index is 0.0559. The molecule has 0 radical (unpaired) electrons. The maximum absolute atomic E-state index is 11.8. The number of Topliss-reactive ketones (excluding diaryl/α,β-unsaturated/α-hetero) is 1. The topological polar surface area (TPSA) is 74.7 Å². The maximum Gasteiger partial charge on any atom is 0.328 e. The van der Waals surface area contributed by atoms with Crippen LogP contribution < -0.4 is 4.90 Å². The van der Waals surface area contributed by atoms with E-state index in [1.165, 1.54) is 11.0 Å². The van der Waals surface area contributed by atoms with E-state index >= 15 is 0 Å². The SMILES string of the molecule is O=C(O)C=CCN1C(=O)C(=O)c2c(Br)cccc21. The number of rotatable bonds is 3. The van der Waals surface area contributed by atoms with E-state index < -0.39 is 17.7 Å². The van der Waals surface area contributed by atoms with Crippen molar-refractivity contribution < 1.29 is 19.5 Å². The molecule has 1 heterocycles. The van der Waals surface area contributed by atoms with Crippen molar-refractivity contribution in [3.8, 4) is 0 Å². The lowest BCUT2D eigenvalue weighted by Gasteiger charge is -2.13. The second kappa shape index (κ2) is 4.73. The molecular formula is C12H8BrNO4. The largest absolute Gasteiger partial charge is 0.478 e. The molecule has 0 fully saturated rings. The Morgan fingerprint density at radius 3 is 2.78 bits per heavy atom. The van der Waals surface area contributed by atoms with Gasteiger partial charge in [0.25, 0.3) is 11.7 Å². The molecule has 0 saturated heterocycles. The van der Waals surface area contributed by atoms with Crippen LogP contribution in [0.1, 0.15) is 10.4 Å². The first kappa shape index (κ1) is 12.5. The summed E-state index contributed by atoms with van der Waals surface area (Å²) in [6.45, 7) is 0.0559. The zero-order valence-electron chi connectivity index (χ0n) is 9.09. The average Bonchev–Trinajstić information content (AvgIpc) is 2.55. The smallest absolute Gasteiger partial charge is 0.328 e. The Kier molecular flexibility index (Phi) is 3.29. The van der Waals surface area contributed by atoms with Gasteiger partial charge in [0.1, 0.15) is 0 Å². The second-order valence-electron chi connectivity index (χ2n) is 3.62. The van der Waals surface area contributed by atoms with Crippen LogP contribution in [0.25, 0.3) is 0 Å². The number of carbonyl (C=O) groups excluding carboxylic acids is 2. The molecule has 0 atom stereocenters. The molecule has 6 heteroatoms. The Labute approximate surface area is 111 Å². The highest BCUT2D eigenvalue weighted by Crippen LogP contribution is 2.33. The number of anilines is 1. The third-order valence-corrected chi connectivity index (χ3v) is 3.16. The van der Waals surface area contributed by atoms with Crippen molar-refractivity contribution >= 4 is 39.3 Å². The summed E-state index contributed by atoms with van der Waals surface area (Å²) in [4.78, 5) is 35.1. The highest BCUT2D eigenvalue weighted by molar-refractivity contribution is 9.10. The average molecular weight is 310 g/mol. The number of carboxylic acids is 1. The Bertz CT molecular complexity index is 579. The fraction of sp³-hybridized carbons (Fsp3) is 0.0833. The first-order valence-corrected chi connectivity index (χ1v) is 5.86. The van der Waals surface area contributed by atoms with E-state index in [2.05, 4.69) is 15.9 Å². The molecule has 1 aliphatic rings. The summed E-state index contributed by atoms with van der Waals surface area (Å²) in [5.41, 5.74) is 0.820. The van der Waals surface area contributed by atoms with Crippen LogP contribution in [0.5, 0.6) is 0 Å². The van der Waals surface area contributed by atoms with Crippen LogP contribution in [0.15, 0.2) is 34.8 Å². The normalized spacial score (nSPS) is 14.4. The number of hydrogen-bond donors (Lipinski definition) is 1.